The molecule has 0 amide bonds. The van der Waals surface area contributed by atoms with Crippen LogP contribution in [0.25, 0.3) is 0 Å². The Bertz CT molecular complexity index is 281. The molecule has 0 heterocycles. The molecule has 0 aliphatic rings. The minimum absolute atomic E-state index is 0.210. The Hall–Kier alpha value is -0.610. The van der Waals surface area contributed by atoms with Crippen LogP contribution in [-0.2, 0) is 14.3 Å². The maximum Gasteiger partial charge on any atom is 0.329 e. The topological polar surface area (TPSA) is 63.6 Å². The van der Waals surface area contributed by atoms with Crippen molar-refractivity contribution in [3.63, 3.8) is 0 Å². The number of hydrogen-bond acceptors (Lipinski definition) is 3. The zero-order chi connectivity index (χ0) is 15.9. The number of ketones is 1. The standard InChI is InChI=1S/C16H29ClO4/c1-2-3-4-5-6-7-9-12-21-13-10-8-11-14(18)15(17)16(19)20/h15H,2-13H2,1H3,(H,19,20). The van der Waals surface area contributed by atoms with E-state index in [2.05, 4.69) is 6.92 Å². The summed E-state index contributed by atoms with van der Waals surface area (Å²) in [5.74, 6) is -1.69. The van der Waals surface area contributed by atoms with Crippen LogP contribution in [0.5, 0.6) is 0 Å². The molecular weight excluding hydrogens is 292 g/mol. The van der Waals surface area contributed by atoms with Gasteiger partial charge in [-0.25, -0.2) is 0 Å². The van der Waals surface area contributed by atoms with Gasteiger partial charge in [-0.1, -0.05) is 45.4 Å². The van der Waals surface area contributed by atoms with Gasteiger partial charge in [-0.3, -0.25) is 9.59 Å². The lowest BCUT2D eigenvalue weighted by Crippen LogP contribution is -2.23. The van der Waals surface area contributed by atoms with Gasteiger partial charge in [-0.15, -0.1) is 11.6 Å². The lowest BCUT2D eigenvalue weighted by atomic mass is 10.1. The molecule has 0 radical (unpaired) electrons. The molecule has 0 aromatic heterocycles. The molecule has 0 spiro atoms. The molecule has 0 aliphatic heterocycles. The molecule has 21 heavy (non-hydrogen) atoms. The third kappa shape index (κ3) is 12.8. The van der Waals surface area contributed by atoms with E-state index >= 15 is 0 Å². The number of unbranched alkanes of at least 4 members (excludes halogenated alkanes) is 7. The zero-order valence-corrected chi connectivity index (χ0v) is 13.9. The lowest BCUT2D eigenvalue weighted by molar-refractivity contribution is -0.139. The molecule has 5 heteroatoms. The van der Waals surface area contributed by atoms with Crippen molar-refractivity contribution in [2.24, 2.45) is 0 Å². The Kier molecular flexibility index (Phi) is 13.9. The van der Waals surface area contributed by atoms with Crippen molar-refractivity contribution in [2.75, 3.05) is 13.2 Å². The van der Waals surface area contributed by atoms with Gasteiger partial charge in [-0.05, 0) is 19.3 Å². The molecule has 0 aromatic carbocycles. The van der Waals surface area contributed by atoms with Crippen molar-refractivity contribution in [1.29, 1.82) is 0 Å². The highest BCUT2D eigenvalue weighted by Crippen LogP contribution is 2.08. The number of carboxylic acids is 1. The molecule has 0 aliphatic carbocycles. The molecule has 0 saturated heterocycles. The summed E-state index contributed by atoms with van der Waals surface area (Å²) in [5, 5.41) is 7.16. The first-order valence-electron chi connectivity index (χ1n) is 8.07. The van der Waals surface area contributed by atoms with Crippen LogP contribution in [0.1, 0.15) is 71.1 Å². The molecule has 1 N–H and O–H groups in total. The summed E-state index contributed by atoms with van der Waals surface area (Å²) in [7, 11) is 0. The summed E-state index contributed by atoms with van der Waals surface area (Å²) in [4.78, 5) is 21.8. The van der Waals surface area contributed by atoms with Gasteiger partial charge < -0.3 is 9.84 Å². The number of hydrogen-bond donors (Lipinski definition) is 1. The minimum Gasteiger partial charge on any atom is -0.480 e. The smallest absolute Gasteiger partial charge is 0.329 e. The number of rotatable bonds is 15. The highest BCUT2D eigenvalue weighted by molar-refractivity contribution is 6.40. The van der Waals surface area contributed by atoms with Crippen LogP contribution in [0.2, 0.25) is 0 Å². The van der Waals surface area contributed by atoms with Crippen molar-refractivity contribution in [3.8, 4) is 0 Å². The van der Waals surface area contributed by atoms with E-state index in [1.54, 1.807) is 0 Å². The Balaban J connectivity index is 3.22. The van der Waals surface area contributed by atoms with Crippen LogP contribution in [0, 0.1) is 0 Å². The van der Waals surface area contributed by atoms with E-state index in [1.165, 1.54) is 38.5 Å². The van der Waals surface area contributed by atoms with E-state index in [0.29, 0.717) is 13.0 Å². The summed E-state index contributed by atoms with van der Waals surface area (Å²) in [6.45, 7) is 3.62. The van der Waals surface area contributed by atoms with Gasteiger partial charge in [0, 0.05) is 19.6 Å². The first kappa shape index (κ1) is 20.4. The second-order valence-electron chi connectivity index (χ2n) is 5.36. The highest BCUT2D eigenvalue weighted by Gasteiger charge is 2.21. The first-order chi connectivity index (χ1) is 10.1. The van der Waals surface area contributed by atoms with E-state index in [0.717, 1.165) is 19.4 Å². The number of carboxylic acid groups (broad SMARTS) is 1. The molecule has 0 fully saturated rings. The Morgan fingerprint density at radius 3 is 2.05 bits per heavy atom. The Labute approximate surface area is 133 Å². The third-order valence-electron chi connectivity index (χ3n) is 3.35. The fourth-order valence-corrected chi connectivity index (χ4v) is 2.14. The van der Waals surface area contributed by atoms with Crippen LogP contribution in [0.15, 0.2) is 0 Å². The SMILES string of the molecule is CCCCCCCCCOCCCCC(=O)C(Cl)C(=O)O. The van der Waals surface area contributed by atoms with Gasteiger partial charge in [0.1, 0.15) is 0 Å². The minimum atomic E-state index is -1.40. The fraction of sp³-hybridized carbons (Fsp3) is 0.875. The second kappa shape index (κ2) is 14.3. The molecule has 1 atom stereocenters. The molecule has 0 rings (SSSR count). The van der Waals surface area contributed by atoms with Crippen LogP contribution in [-0.4, -0.2) is 35.4 Å². The number of aliphatic carboxylic acids is 1. The molecule has 0 saturated carbocycles. The van der Waals surface area contributed by atoms with E-state index in [9.17, 15) is 9.59 Å². The number of halogens is 1. The molecule has 1 unspecified atom stereocenters. The van der Waals surface area contributed by atoms with Crippen LogP contribution in [0.3, 0.4) is 0 Å². The number of carbonyl (C=O) groups excluding carboxylic acids is 1. The number of carbonyl (C=O) groups is 2. The molecule has 0 bridgehead atoms. The summed E-state index contributed by atoms with van der Waals surface area (Å²) in [6, 6.07) is 0. The quantitative estimate of drug-likeness (QED) is 0.279. The molecule has 0 aromatic rings. The van der Waals surface area contributed by atoms with Crippen molar-refractivity contribution >= 4 is 23.4 Å². The van der Waals surface area contributed by atoms with E-state index in [-0.39, 0.29) is 6.42 Å². The maximum atomic E-state index is 11.3. The average molecular weight is 321 g/mol. The van der Waals surface area contributed by atoms with E-state index in [4.69, 9.17) is 21.4 Å². The fourth-order valence-electron chi connectivity index (χ4n) is 2.03. The van der Waals surface area contributed by atoms with Crippen molar-refractivity contribution in [3.05, 3.63) is 0 Å². The van der Waals surface area contributed by atoms with E-state index in [1.807, 2.05) is 0 Å². The molecular formula is C16H29ClO4. The summed E-state index contributed by atoms with van der Waals surface area (Å²) >= 11 is 5.43. The Morgan fingerprint density at radius 1 is 0.952 bits per heavy atom. The van der Waals surface area contributed by atoms with Crippen molar-refractivity contribution in [1.82, 2.24) is 0 Å². The monoisotopic (exact) mass is 320 g/mol. The van der Waals surface area contributed by atoms with Gasteiger partial charge in [0.2, 0.25) is 0 Å². The highest BCUT2D eigenvalue weighted by atomic mass is 35.5. The summed E-state index contributed by atoms with van der Waals surface area (Å²) in [5.41, 5.74) is 0. The predicted molar refractivity (Wildman–Crippen MR) is 84.9 cm³/mol. The number of ether oxygens (including phenoxy) is 1. The van der Waals surface area contributed by atoms with Crippen LogP contribution >= 0.6 is 11.6 Å². The average Bonchev–Trinajstić information content (AvgIpc) is 2.47. The number of Topliss-reactive ketones (excluding diaryl/α,β-unsaturated/α-hetero) is 1. The largest absolute Gasteiger partial charge is 0.480 e. The molecule has 124 valence electrons. The predicted octanol–water partition coefficient (Wildman–Crippen LogP) is 4.19. The second-order valence-corrected chi connectivity index (χ2v) is 5.79. The number of alkyl halides is 1. The van der Waals surface area contributed by atoms with Gasteiger partial charge in [0.25, 0.3) is 0 Å². The van der Waals surface area contributed by atoms with Crippen LogP contribution < -0.4 is 0 Å². The maximum absolute atomic E-state index is 11.3. The van der Waals surface area contributed by atoms with Gasteiger partial charge in [0.15, 0.2) is 11.2 Å². The normalized spacial score (nSPS) is 12.3. The third-order valence-corrected chi connectivity index (χ3v) is 3.78. The van der Waals surface area contributed by atoms with E-state index < -0.39 is 17.1 Å². The van der Waals surface area contributed by atoms with Crippen molar-refractivity contribution in [2.45, 2.75) is 76.5 Å². The van der Waals surface area contributed by atoms with Gasteiger partial charge in [0.05, 0.1) is 0 Å². The Morgan fingerprint density at radius 2 is 1.48 bits per heavy atom. The van der Waals surface area contributed by atoms with Crippen LogP contribution in [0.4, 0.5) is 0 Å². The summed E-state index contributed by atoms with van der Waals surface area (Å²) < 4.78 is 5.49. The van der Waals surface area contributed by atoms with Crippen molar-refractivity contribution < 1.29 is 19.4 Å². The lowest BCUT2D eigenvalue weighted by Gasteiger charge is -2.05. The van der Waals surface area contributed by atoms with Gasteiger partial charge in [-0.2, -0.15) is 0 Å². The summed E-state index contributed by atoms with van der Waals surface area (Å²) in [6.07, 6.45) is 10.5. The molecule has 4 nitrogen and oxygen atoms in total. The first-order valence-corrected chi connectivity index (χ1v) is 8.50. The van der Waals surface area contributed by atoms with Gasteiger partial charge >= 0.3 is 5.97 Å². The zero-order valence-electron chi connectivity index (χ0n) is 13.1.